The molecule has 0 aliphatic heterocycles. The predicted octanol–water partition coefficient (Wildman–Crippen LogP) is 1.98. The van der Waals surface area contributed by atoms with Crippen molar-refractivity contribution in [2.45, 2.75) is 51.6 Å². The second-order valence-electron chi connectivity index (χ2n) is 4.87. The Labute approximate surface area is 113 Å². The maximum atomic E-state index is 12.4. The molecule has 0 fully saturated rings. The van der Waals surface area contributed by atoms with Crippen LogP contribution < -0.4 is 5.32 Å². The van der Waals surface area contributed by atoms with Crippen LogP contribution in [-0.2, 0) is 10.0 Å². The molecule has 0 heterocycles. The van der Waals surface area contributed by atoms with Crippen LogP contribution in [-0.4, -0.2) is 49.8 Å². The summed E-state index contributed by atoms with van der Waals surface area (Å²) in [6.45, 7) is 5.36. The molecule has 1 N–H and O–H groups in total. The Morgan fingerprint density at radius 3 is 2.11 bits per heavy atom. The highest BCUT2D eigenvalue weighted by molar-refractivity contribution is 7.89. The highest BCUT2D eigenvalue weighted by Crippen LogP contribution is 2.20. The van der Waals surface area contributed by atoms with Gasteiger partial charge in [0.15, 0.2) is 0 Å². The van der Waals surface area contributed by atoms with Gasteiger partial charge in [-0.1, -0.05) is 20.8 Å². The predicted molar refractivity (Wildman–Crippen MR) is 69.4 cm³/mol. The van der Waals surface area contributed by atoms with Crippen LogP contribution in [0.3, 0.4) is 0 Å². The Bertz CT molecular complexity index is 355. The lowest BCUT2D eigenvalue weighted by Crippen LogP contribution is -2.46. The Morgan fingerprint density at radius 1 is 1.21 bits per heavy atom. The van der Waals surface area contributed by atoms with Gasteiger partial charge in [-0.25, -0.2) is 8.42 Å². The smallest absolute Gasteiger partial charge is 0.313 e. The van der Waals surface area contributed by atoms with Gasteiger partial charge >= 0.3 is 6.18 Å². The first-order chi connectivity index (χ1) is 8.50. The lowest BCUT2D eigenvalue weighted by atomic mass is 10.3. The molecular formula is C11H23F3N2O2S. The second kappa shape index (κ2) is 7.44. The van der Waals surface area contributed by atoms with Crippen LogP contribution in [0.2, 0.25) is 0 Å². The summed E-state index contributed by atoms with van der Waals surface area (Å²) in [6.07, 6.45) is -4.17. The summed E-state index contributed by atoms with van der Waals surface area (Å²) in [6, 6.07) is 0.0832. The van der Waals surface area contributed by atoms with Gasteiger partial charge in [0, 0.05) is 19.1 Å². The summed E-state index contributed by atoms with van der Waals surface area (Å²) < 4.78 is 62.0. The largest absolute Gasteiger partial charge is 0.402 e. The molecule has 4 nitrogen and oxygen atoms in total. The number of hydrogen-bond acceptors (Lipinski definition) is 3. The number of halogens is 3. The highest BCUT2D eigenvalue weighted by atomic mass is 32.2. The van der Waals surface area contributed by atoms with E-state index in [0.717, 1.165) is 0 Å². The average Bonchev–Trinajstić information content (AvgIpc) is 2.23. The molecular weight excluding hydrogens is 281 g/mol. The summed E-state index contributed by atoms with van der Waals surface area (Å²) in [7, 11) is -3.94. The fourth-order valence-electron chi connectivity index (χ4n) is 1.51. The van der Waals surface area contributed by atoms with E-state index in [-0.39, 0.29) is 19.1 Å². The molecule has 0 aliphatic carbocycles. The third-order valence-electron chi connectivity index (χ3n) is 2.51. The van der Waals surface area contributed by atoms with E-state index in [1.54, 1.807) is 6.92 Å². The molecule has 0 rings (SSSR count). The van der Waals surface area contributed by atoms with E-state index in [4.69, 9.17) is 0 Å². The summed E-state index contributed by atoms with van der Waals surface area (Å²) in [5, 5.41) is 2.04. The van der Waals surface area contributed by atoms with Gasteiger partial charge in [0.05, 0.1) is 5.25 Å². The first kappa shape index (κ1) is 18.7. The molecule has 0 saturated heterocycles. The first-order valence-corrected chi connectivity index (χ1v) is 7.80. The van der Waals surface area contributed by atoms with Crippen molar-refractivity contribution < 1.29 is 21.6 Å². The van der Waals surface area contributed by atoms with Gasteiger partial charge in [-0.05, 0) is 13.3 Å². The minimum Gasteiger partial charge on any atom is -0.313 e. The zero-order valence-electron chi connectivity index (χ0n) is 11.8. The average molecular weight is 304 g/mol. The fourth-order valence-corrected chi connectivity index (χ4v) is 3.09. The molecule has 0 aromatic carbocycles. The molecule has 0 radical (unpaired) electrons. The van der Waals surface area contributed by atoms with Crippen LogP contribution in [0.15, 0.2) is 0 Å². The topological polar surface area (TPSA) is 49.4 Å². The van der Waals surface area contributed by atoms with E-state index in [0.29, 0.717) is 10.7 Å². The maximum Gasteiger partial charge on any atom is 0.402 e. The van der Waals surface area contributed by atoms with Crippen LogP contribution in [0.4, 0.5) is 13.2 Å². The Balaban J connectivity index is 4.87. The van der Waals surface area contributed by atoms with E-state index < -0.39 is 28.0 Å². The minimum atomic E-state index is -4.52. The number of hydrogen-bond donors (Lipinski definition) is 1. The Kier molecular flexibility index (Phi) is 7.31. The van der Waals surface area contributed by atoms with Crippen LogP contribution in [0, 0.1) is 0 Å². The van der Waals surface area contributed by atoms with Gasteiger partial charge in [0.25, 0.3) is 0 Å². The quantitative estimate of drug-likeness (QED) is 0.746. The fraction of sp³-hybridized carbons (Fsp3) is 1.00. The molecule has 0 aliphatic rings. The second-order valence-corrected chi connectivity index (χ2v) is 7.22. The van der Waals surface area contributed by atoms with E-state index >= 15 is 0 Å². The summed E-state index contributed by atoms with van der Waals surface area (Å²) in [4.78, 5) is 0. The molecule has 1 unspecified atom stereocenters. The Morgan fingerprint density at radius 2 is 1.74 bits per heavy atom. The molecule has 0 saturated carbocycles. The lowest BCUT2D eigenvalue weighted by molar-refractivity contribution is -0.136. The summed E-state index contributed by atoms with van der Waals surface area (Å²) >= 11 is 0. The van der Waals surface area contributed by atoms with Crippen molar-refractivity contribution in [1.82, 2.24) is 9.62 Å². The number of sulfonamides is 1. The third kappa shape index (κ3) is 7.12. The number of nitrogens with zero attached hydrogens (tertiary/aromatic N) is 1. The van der Waals surface area contributed by atoms with E-state index in [1.165, 1.54) is 6.92 Å². The Hall–Kier alpha value is -0.340. The number of alkyl halides is 3. The van der Waals surface area contributed by atoms with Crippen molar-refractivity contribution >= 4 is 10.0 Å². The molecule has 19 heavy (non-hydrogen) atoms. The van der Waals surface area contributed by atoms with Crippen LogP contribution in [0.5, 0.6) is 0 Å². The molecule has 8 heteroatoms. The zero-order valence-corrected chi connectivity index (χ0v) is 12.6. The zero-order chi connectivity index (χ0) is 15.3. The number of rotatable bonds is 8. The first-order valence-electron chi connectivity index (χ1n) is 6.29. The lowest BCUT2D eigenvalue weighted by Gasteiger charge is -2.26. The summed E-state index contributed by atoms with van der Waals surface area (Å²) in [5.41, 5.74) is 0. The van der Waals surface area contributed by atoms with E-state index in [9.17, 15) is 21.6 Å². The molecule has 0 amide bonds. The molecule has 0 spiro atoms. The van der Waals surface area contributed by atoms with Crippen molar-refractivity contribution in [1.29, 1.82) is 0 Å². The van der Waals surface area contributed by atoms with Crippen LogP contribution in [0.1, 0.15) is 34.1 Å². The molecule has 0 aromatic heterocycles. The number of nitrogens with one attached hydrogen (secondary N) is 1. The third-order valence-corrected chi connectivity index (χ3v) is 4.73. The van der Waals surface area contributed by atoms with Gasteiger partial charge in [-0.2, -0.15) is 17.5 Å². The molecule has 0 aromatic rings. The SMILES string of the molecule is CCCN(CC(F)(F)F)S(=O)(=O)C(C)CNC(C)C. The van der Waals surface area contributed by atoms with Crippen molar-refractivity contribution in [3.8, 4) is 0 Å². The monoisotopic (exact) mass is 304 g/mol. The molecule has 116 valence electrons. The van der Waals surface area contributed by atoms with Gasteiger partial charge in [-0.3, -0.25) is 0 Å². The standard InChI is InChI=1S/C11H23F3N2O2S/c1-5-6-16(8-11(12,13)14)19(17,18)10(4)7-15-9(2)3/h9-10,15H,5-8H2,1-4H3. The van der Waals surface area contributed by atoms with Crippen molar-refractivity contribution in [3.63, 3.8) is 0 Å². The van der Waals surface area contributed by atoms with Gasteiger partial charge in [0.2, 0.25) is 10.0 Å². The minimum absolute atomic E-state index is 0.0832. The normalized spacial score (nSPS) is 15.2. The van der Waals surface area contributed by atoms with E-state index in [1.807, 2.05) is 13.8 Å². The highest BCUT2D eigenvalue weighted by Gasteiger charge is 2.37. The summed E-state index contributed by atoms with van der Waals surface area (Å²) in [5.74, 6) is 0. The van der Waals surface area contributed by atoms with Crippen molar-refractivity contribution in [3.05, 3.63) is 0 Å². The molecule has 0 bridgehead atoms. The van der Waals surface area contributed by atoms with Crippen molar-refractivity contribution in [2.75, 3.05) is 19.6 Å². The van der Waals surface area contributed by atoms with Crippen molar-refractivity contribution in [2.24, 2.45) is 0 Å². The van der Waals surface area contributed by atoms with Gasteiger partial charge in [0.1, 0.15) is 6.54 Å². The maximum absolute atomic E-state index is 12.4. The van der Waals surface area contributed by atoms with Gasteiger partial charge in [-0.15, -0.1) is 0 Å². The van der Waals surface area contributed by atoms with Crippen LogP contribution in [0.25, 0.3) is 0 Å². The van der Waals surface area contributed by atoms with Gasteiger partial charge < -0.3 is 5.32 Å². The van der Waals surface area contributed by atoms with Crippen LogP contribution >= 0.6 is 0 Å². The van der Waals surface area contributed by atoms with E-state index in [2.05, 4.69) is 5.32 Å². The molecule has 1 atom stereocenters.